The van der Waals surface area contributed by atoms with Crippen molar-refractivity contribution in [2.75, 3.05) is 0 Å². The summed E-state index contributed by atoms with van der Waals surface area (Å²) in [5.41, 5.74) is 1.99. The Morgan fingerprint density at radius 1 is 1.12 bits per heavy atom. The summed E-state index contributed by atoms with van der Waals surface area (Å²) >= 11 is 0. The molecule has 0 aliphatic heterocycles. The van der Waals surface area contributed by atoms with Gasteiger partial charge in [0.1, 0.15) is 11.8 Å². The molecule has 0 fully saturated rings. The third kappa shape index (κ3) is 1.41. The fraction of sp³-hybridized carbons (Fsp3) is 0.0769. The average molecular weight is 212 g/mol. The smallest absolute Gasteiger partial charge is 0.205 e. The number of benzene rings is 1. The van der Waals surface area contributed by atoms with Crippen molar-refractivity contribution in [3.8, 4) is 0 Å². The number of oxazole rings is 1. The number of fused-ring (bicyclic) bond motifs is 1. The van der Waals surface area contributed by atoms with Crippen LogP contribution in [0.15, 0.2) is 51.8 Å². The minimum Gasteiger partial charge on any atom is -0.464 e. The predicted octanol–water partition coefficient (Wildman–Crippen LogP) is 3.41. The van der Waals surface area contributed by atoms with Gasteiger partial charge in [0, 0.05) is 5.39 Å². The summed E-state index contributed by atoms with van der Waals surface area (Å²) < 4.78 is 10.6. The quantitative estimate of drug-likeness (QED) is 0.653. The fourth-order valence-corrected chi connectivity index (χ4v) is 1.73. The SMILES string of the molecule is C[C](c1ccc2occc2c1)c1ncco1. The molecule has 1 radical (unpaired) electrons. The maximum absolute atomic E-state index is 5.30. The fourth-order valence-electron chi connectivity index (χ4n) is 1.73. The van der Waals surface area contributed by atoms with Crippen LogP contribution in [0.25, 0.3) is 11.0 Å². The minimum atomic E-state index is 0.655. The number of furan rings is 1. The Kier molecular flexibility index (Phi) is 2.03. The predicted molar refractivity (Wildman–Crippen MR) is 59.8 cm³/mol. The molecule has 0 saturated carbocycles. The monoisotopic (exact) mass is 212 g/mol. The second-order valence-corrected chi connectivity index (χ2v) is 3.64. The molecule has 0 saturated heterocycles. The van der Waals surface area contributed by atoms with Gasteiger partial charge in [0.05, 0.1) is 18.4 Å². The molecule has 79 valence electrons. The van der Waals surface area contributed by atoms with E-state index in [-0.39, 0.29) is 0 Å². The van der Waals surface area contributed by atoms with Gasteiger partial charge < -0.3 is 8.83 Å². The second-order valence-electron chi connectivity index (χ2n) is 3.64. The molecule has 0 aliphatic carbocycles. The molecule has 0 amide bonds. The lowest BCUT2D eigenvalue weighted by Crippen LogP contribution is -1.96. The van der Waals surface area contributed by atoms with Gasteiger partial charge >= 0.3 is 0 Å². The zero-order chi connectivity index (χ0) is 11.0. The van der Waals surface area contributed by atoms with E-state index >= 15 is 0 Å². The van der Waals surface area contributed by atoms with Crippen molar-refractivity contribution in [3.05, 3.63) is 60.4 Å². The van der Waals surface area contributed by atoms with E-state index in [0.29, 0.717) is 5.89 Å². The highest BCUT2D eigenvalue weighted by atomic mass is 16.3. The van der Waals surface area contributed by atoms with Crippen LogP contribution in [0, 0.1) is 5.92 Å². The lowest BCUT2D eigenvalue weighted by atomic mass is 10.00. The molecule has 1 aromatic carbocycles. The molecule has 0 atom stereocenters. The van der Waals surface area contributed by atoms with Crippen LogP contribution in [0.2, 0.25) is 0 Å². The van der Waals surface area contributed by atoms with Crippen molar-refractivity contribution in [1.82, 2.24) is 4.98 Å². The van der Waals surface area contributed by atoms with Gasteiger partial charge in [-0.25, -0.2) is 4.98 Å². The lowest BCUT2D eigenvalue weighted by molar-refractivity contribution is 0.517. The van der Waals surface area contributed by atoms with Gasteiger partial charge in [0.25, 0.3) is 0 Å². The molecule has 16 heavy (non-hydrogen) atoms. The molecule has 3 nitrogen and oxygen atoms in total. The topological polar surface area (TPSA) is 39.2 Å². The highest BCUT2D eigenvalue weighted by Crippen LogP contribution is 2.25. The van der Waals surface area contributed by atoms with E-state index in [1.807, 2.05) is 25.1 Å². The molecule has 2 heterocycles. The van der Waals surface area contributed by atoms with Crippen molar-refractivity contribution in [1.29, 1.82) is 0 Å². The Hall–Kier alpha value is -2.03. The highest BCUT2D eigenvalue weighted by molar-refractivity contribution is 5.78. The summed E-state index contributed by atoms with van der Waals surface area (Å²) in [4.78, 5) is 4.13. The van der Waals surface area contributed by atoms with E-state index in [2.05, 4.69) is 11.1 Å². The van der Waals surface area contributed by atoms with Gasteiger partial charge in [-0.2, -0.15) is 0 Å². The van der Waals surface area contributed by atoms with Crippen molar-refractivity contribution >= 4 is 11.0 Å². The molecule has 2 aromatic heterocycles. The van der Waals surface area contributed by atoms with Crippen LogP contribution in [-0.2, 0) is 0 Å². The standard InChI is InChI=1S/C13H10NO2/c1-9(13-14-5-7-16-13)10-2-3-12-11(8-10)4-6-15-12/h2-8H,1H3. The molecular formula is C13H10NO2. The first-order chi connectivity index (χ1) is 7.84. The zero-order valence-corrected chi connectivity index (χ0v) is 8.81. The number of hydrogen-bond acceptors (Lipinski definition) is 3. The summed E-state index contributed by atoms with van der Waals surface area (Å²) in [6.45, 7) is 1.99. The Labute approximate surface area is 92.7 Å². The van der Waals surface area contributed by atoms with Gasteiger partial charge in [-0.05, 0) is 30.7 Å². The number of rotatable bonds is 2. The van der Waals surface area contributed by atoms with Crippen LogP contribution in [0.1, 0.15) is 18.4 Å². The minimum absolute atomic E-state index is 0.655. The van der Waals surface area contributed by atoms with Crippen LogP contribution >= 0.6 is 0 Å². The lowest BCUT2D eigenvalue weighted by Gasteiger charge is -2.06. The summed E-state index contributed by atoms with van der Waals surface area (Å²) in [6.07, 6.45) is 4.92. The van der Waals surface area contributed by atoms with Crippen molar-refractivity contribution in [2.45, 2.75) is 6.92 Å². The number of nitrogens with zero attached hydrogens (tertiary/aromatic N) is 1. The molecule has 3 heteroatoms. The molecular weight excluding hydrogens is 202 g/mol. The molecule has 0 unspecified atom stereocenters. The van der Waals surface area contributed by atoms with Gasteiger partial charge in [-0.3, -0.25) is 0 Å². The Balaban J connectivity index is 2.05. The van der Waals surface area contributed by atoms with E-state index < -0.39 is 0 Å². The van der Waals surface area contributed by atoms with E-state index in [1.54, 1.807) is 18.7 Å². The van der Waals surface area contributed by atoms with Crippen molar-refractivity contribution in [2.24, 2.45) is 0 Å². The van der Waals surface area contributed by atoms with Crippen LogP contribution in [0.4, 0.5) is 0 Å². The Morgan fingerprint density at radius 2 is 2.06 bits per heavy atom. The maximum Gasteiger partial charge on any atom is 0.205 e. The third-order valence-electron chi connectivity index (χ3n) is 2.64. The normalized spacial score (nSPS) is 11.4. The van der Waals surface area contributed by atoms with Crippen LogP contribution in [0.3, 0.4) is 0 Å². The molecule has 3 aromatic rings. The molecule has 0 N–H and O–H groups in total. The summed E-state index contributed by atoms with van der Waals surface area (Å²) in [5, 5.41) is 1.09. The Bertz CT molecular complexity index is 595. The summed E-state index contributed by atoms with van der Waals surface area (Å²) in [7, 11) is 0. The van der Waals surface area contributed by atoms with Crippen molar-refractivity contribution in [3.63, 3.8) is 0 Å². The van der Waals surface area contributed by atoms with Gasteiger partial charge in [0.2, 0.25) is 5.89 Å². The van der Waals surface area contributed by atoms with Gasteiger partial charge in [0.15, 0.2) is 0 Å². The average Bonchev–Trinajstić information content (AvgIpc) is 2.98. The van der Waals surface area contributed by atoms with Crippen LogP contribution < -0.4 is 0 Å². The zero-order valence-electron chi connectivity index (χ0n) is 8.81. The van der Waals surface area contributed by atoms with Crippen LogP contribution in [0.5, 0.6) is 0 Å². The Morgan fingerprint density at radius 3 is 2.88 bits per heavy atom. The maximum atomic E-state index is 5.30. The van der Waals surface area contributed by atoms with Crippen molar-refractivity contribution < 1.29 is 8.83 Å². The molecule has 3 rings (SSSR count). The van der Waals surface area contributed by atoms with Gasteiger partial charge in [-0.1, -0.05) is 6.07 Å². The van der Waals surface area contributed by atoms with Gasteiger partial charge in [-0.15, -0.1) is 0 Å². The first-order valence-electron chi connectivity index (χ1n) is 5.05. The summed E-state index contributed by atoms with van der Waals surface area (Å²) in [6, 6.07) is 7.97. The van der Waals surface area contributed by atoms with E-state index in [4.69, 9.17) is 8.83 Å². The van der Waals surface area contributed by atoms with E-state index in [1.165, 1.54) is 0 Å². The second kappa shape index (κ2) is 3.52. The number of hydrogen-bond donors (Lipinski definition) is 0. The molecule has 0 bridgehead atoms. The van der Waals surface area contributed by atoms with E-state index in [0.717, 1.165) is 22.5 Å². The first kappa shape index (κ1) is 9.21. The molecule has 0 spiro atoms. The third-order valence-corrected chi connectivity index (χ3v) is 2.64. The first-order valence-corrected chi connectivity index (χ1v) is 5.05. The van der Waals surface area contributed by atoms with Crippen LogP contribution in [-0.4, -0.2) is 4.98 Å². The summed E-state index contributed by atoms with van der Waals surface area (Å²) in [5.74, 6) is 1.68. The van der Waals surface area contributed by atoms with E-state index in [9.17, 15) is 0 Å². The molecule has 0 aliphatic rings. The highest BCUT2D eigenvalue weighted by Gasteiger charge is 2.14. The number of aromatic nitrogens is 1. The largest absolute Gasteiger partial charge is 0.464 e.